The van der Waals surface area contributed by atoms with Crippen molar-refractivity contribution in [3.8, 4) is 0 Å². The molecule has 2 N–H and O–H groups in total. The summed E-state index contributed by atoms with van der Waals surface area (Å²) in [7, 11) is 0. The van der Waals surface area contributed by atoms with Crippen molar-refractivity contribution in [2.24, 2.45) is 0 Å². The van der Waals surface area contributed by atoms with Crippen LogP contribution in [-0.4, -0.2) is 56.4 Å². The molecule has 230 valence electrons. The molecule has 44 heavy (non-hydrogen) atoms. The molecule has 2 aromatic heterocycles. The molecule has 1 amide bonds. The minimum Gasteiger partial charge on any atom is -0.382 e. The lowest BCUT2D eigenvalue weighted by Crippen LogP contribution is -2.45. The van der Waals surface area contributed by atoms with Crippen LogP contribution in [0.15, 0.2) is 72.8 Å². The van der Waals surface area contributed by atoms with E-state index >= 15 is 0 Å². The first-order valence-corrected chi connectivity index (χ1v) is 13.9. The van der Waals surface area contributed by atoms with E-state index in [1.54, 1.807) is 29.2 Å². The highest BCUT2D eigenvalue weighted by Crippen LogP contribution is 2.49. The molecule has 2 aliphatic heterocycles. The lowest BCUT2D eigenvalue weighted by atomic mass is 9.82. The van der Waals surface area contributed by atoms with Gasteiger partial charge >= 0.3 is 12.4 Å². The Balaban J connectivity index is 1.42. The number of carbonyl (C=O) groups is 1. The standard InChI is InChI=1S/C30H26F6N6O2/c31-29(32,33)20-11-12-21(39-38-20)41-15-13-17(14-16-41)24-22-23(30(34,35)36)26(43)28(44)37-27(22)42(40-24)25(18-7-3-1-4-8-18)19-9-5-2-6-10-19/h1-12,17,23,25-26,43H,13-16H2,(H,37,44)/t23-,26-/m1/s1. The van der Waals surface area contributed by atoms with Crippen molar-refractivity contribution in [2.45, 2.75) is 49.2 Å². The zero-order chi connectivity index (χ0) is 31.2. The number of alkyl halides is 6. The zero-order valence-corrected chi connectivity index (χ0v) is 22.9. The van der Waals surface area contributed by atoms with E-state index in [2.05, 4.69) is 15.5 Å². The number of anilines is 2. The van der Waals surface area contributed by atoms with Crippen LogP contribution in [0, 0.1) is 0 Å². The summed E-state index contributed by atoms with van der Waals surface area (Å²) in [6, 6.07) is 19.4. The Morgan fingerprint density at radius 1 is 0.841 bits per heavy atom. The molecule has 4 heterocycles. The highest BCUT2D eigenvalue weighted by atomic mass is 19.4. The normalized spacial score (nSPS) is 19.6. The molecule has 0 spiro atoms. The molecule has 2 aromatic carbocycles. The Morgan fingerprint density at radius 3 is 1.93 bits per heavy atom. The predicted octanol–water partition coefficient (Wildman–Crippen LogP) is 5.67. The van der Waals surface area contributed by atoms with Gasteiger partial charge in [-0.15, -0.1) is 10.2 Å². The maximum atomic E-state index is 14.6. The van der Waals surface area contributed by atoms with E-state index in [0.29, 0.717) is 12.8 Å². The second-order valence-corrected chi connectivity index (χ2v) is 10.8. The highest BCUT2D eigenvalue weighted by Gasteiger charge is 2.55. The van der Waals surface area contributed by atoms with E-state index in [1.807, 2.05) is 36.4 Å². The smallest absolute Gasteiger partial charge is 0.382 e. The van der Waals surface area contributed by atoms with Gasteiger partial charge in [0, 0.05) is 24.6 Å². The third-order valence-electron chi connectivity index (χ3n) is 8.09. The molecule has 1 fully saturated rings. The van der Waals surface area contributed by atoms with Gasteiger partial charge in [-0.25, -0.2) is 4.68 Å². The number of piperidine rings is 1. The summed E-state index contributed by atoms with van der Waals surface area (Å²) >= 11 is 0. The van der Waals surface area contributed by atoms with E-state index in [9.17, 15) is 36.2 Å². The molecule has 4 aromatic rings. The Kier molecular flexibility index (Phi) is 7.56. The number of amides is 1. The fourth-order valence-corrected chi connectivity index (χ4v) is 6.00. The largest absolute Gasteiger partial charge is 0.435 e. The van der Waals surface area contributed by atoms with Crippen LogP contribution in [0.1, 0.15) is 58.8 Å². The predicted molar refractivity (Wildman–Crippen MR) is 147 cm³/mol. The van der Waals surface area contributed by atoms with E-state index in [1.165, 1.54) is 10.7 Å². The second kappa shape index (κ2) is 11.2. The summed E-state index contributed by atoms with van der Waals surface area (Å²) in [6.07, 6.45) is -11.4. The molecule has 0 radical (unpaired) electrons. The molecule has 6 rings (SSSR count). The molecule has 0 saturated carbocycles. The zero-order valence-electron chi connectivity index (χ0n) is 22.9. The first-order valence-electron chi connectivity index (χ1n) is 13.9. The molecule has 0 aliphatic carbocycles. The van der Waals surface area contributed by atoms with Gasteiger partial charge in [0.25, 0.3) is 5.91 Å². The van der Waals surface area contributed by atoms with Gasteiger partial charge in [0.05, 0.1) is 5.69 Å². The van der Waals surface area contributed by atoms with Crippen molar-refractivity contribution in [3.63, 3.8) is 0 Å². The van der Waals surface area contributed by atoms with Gasteiger partial charge in [-0.1, -0.05) is 60.7 Å². The molecular weight excluding hydrogens is 590 g/mol. The molecule has 0 unspecified atom stereocenters. The van der Waals surface area contributed by atoms with Gasteiger partial charge in [-0.05, 0) is 36.1 Å². The lowest BCUT2D eigenvalue weighted by molar-refractivity contribution is -0.177. The topological polar surface area (TPSA) is 96.2 Å². The molecule has 1 saturated heterocycles. The number of nitrogens with zero attached hydrogens (tertiary/aromatic N) is 5. The number of fused-ring (bicyclic) bond motifs is 1. The number of hydrogen-bond donors (Lipinski definition) is 2. The minimum absolute atomic E-state index is 0.108. The number of aliphatic hydroxyl groups excluding tert-OH is 1. The van der Waals surface area contributed by atoms with Gasteiger partial charge in [-0.2, -0.15) is 31.4 Å². The fourth-order valence-electron chi connectivity index (χ4n) is 6.00. The Labute approximate surface area is 247 Å². The third kappa shape index (κ3) is 5.49. The number of aliphatic hydroxyl groups is 1. The Morgan fingerprint density at radius 2 is 1.43 bits per heavy atom. The van der Waals surface area contributed by atoms with Crippen molar-refractivity contribution in [2.75, 3.05) is 23.3 Å². The van der Waals surface area contributed by atoms with Crippen LogP contribution in [-0.2, 0) is 11.0 Å². The monoisotopic (exact) mass is 616 g/mol. The minimum atomic E-state index is -4.96. The van der Waals surface area contributed by atoms with E-state index < -0.39 is 47.9 Å². The van der Waals surface area contributed by atoms with Crippen LogP contribution in [0.5, 0.6) is 0 Å². The Hall–Kier alpha value is -4.46. The molecule has 2 atom stereocenters. The van der Waals surface area contributed by atoms with Crippen LogP contribution in [0.25, 0.3) is 0 Å². The summed E-state index contributed by atoms with van der Waals surface area (Å²) in [5.41, 5.74) is 0.134. The van der Waals surface area contributed by atoms with Crippen LogP contribution in [0.3, 0.4) is 0 Å². The van der Waals surface area contributed by atoms with Gasteiger partial charge in [0.15, 0.2) is 11.5 Å². The number of carbonyl (C=O) groups excluding carboxylic acids is 1. The fraction of sp³-hybridized carbons (Fsp3) is 0.333. The van der Waals surface area contributed by atoms with Crippen LogP contribution in [0.2, 0.25) is 0 Å². The summed E-state index contributed by atoms with van der Waals surface area (Å²) in [5.74, 6) is -4.11. The quantitative estimate of drug-likeness (QED) is 0.281. The van der Waals surface area contributed by atoms with Gasteiger partial charge in [0.1, 0.15) is 23.9 Å². The first-order chi connectivity index (χ1) is 20.9. The lowest BCUT2D eigenvalue weighted by Gasteiger charge is -2.34. The number of rotatable bonds is 5. The number of nitrogens with one attached hydrogen (secondary N) is 1. The van der Waals surface area contributed by atoms with Gasteiger partial charge in [-0.3, -0.25) is 4.79 Å². The molecule has 14 heteroatoms. The highest BCUT2D eigenvalue weighted by molar-refractivity contribution is 5.97. The van der Waals surface area contributed by atoms with E-state index in [0.717, 1.165) is 17.2 Å². The second-order valence-electron chi connectivity index (χ2n) is 10.8. The third-order valence-corrected chi connectivity index (χ3v) is 8.09. The van der Waals surface area contributed by atoms with Crippen molar-refractivity contribution < 1.29 is 36.2 Å². The summed E-state index contributed by atoms with van der Waals surface area (Å²) in [5, 5.41) is 24.8. The molecule has 0 bridgehead atoms. The molecule has 2 aliphatic rings. The van der Waals surface area contributed by atoms with Crippen molar-refractivity contribution in [1.29, 1.82) is 0 Å². The van der Waals surface area contributed by atoms with Crippen molar-refractivity contribution in [1.82, 2.24) is 20.0 Å². The van der Waals surface area contributed by atoms with E-state index in [4.69, 9.17) is 5.10 Å². The van der Waals surface area contributed by atoms with Crippen LogP contribution < -0.4 is 10.2 Å². The van der Waals surface area contributed by atoms with Gasteiger partial charge in [0.2, 0.25) is 0 Å². The van der Waals surface area contributed by atoms with Crippen LogP contribution in [0.4, 0.5) is 38.0 Å². The summed E-state index contributed by atoms with van der Waals surface area (Å²) < 4.78 is 83.9. The Bertz CT molecular complexity index is 1580. The maximum absolute atomic E-state index is 14.6. The maximum Gasteiger partial charge on any atom is 0.435 e. The number of aromatic nitrogens is 4. The number of hydrogen-bond acceptors (Lipinski definition) is 6. The van der Waals surface area contributed by atoms with Crippen LogP contribution >= 0.6 is 0 Å². The van der Waals surface area contributed by atoms with Gasteiger partial charge < -0.3 is 15.3 Å². The SMILES string of the molecule is O=C1Nc2c(c(C3CCN(c4ccc(C(F)(F)F)nn4)CC3)nn2C(c2ccccc2)c2ccccc2)[C@@H](C(F)(F)F)[C@H]1O. The average molecular weight is 617 g/mol. The van der Waals surface area contributed by atoms with Crippen molar-refractivity contribution >= 4 is 17.5 Å². The van der Waals surface area contributed by atoms with E-state index in [-0.39, 0.29) is 36.0 Å². The number of halogens is 6. The first kappa shape index (κ1) is 29.6. The summed E-state index contributed by atoms with van der Waals surface area (Å²) in [4.78, 5) is 14.5. The van der Waals surface area contributed by atoms with Crippen molar-refractivity contribution in [3.05, 3.63) is 101 Å². The number of benzene rings is 2. The molecule has 8 nitrogen and oxygen atoms in total. The molecular formula is C30H26F6N6O2. The average Bonchev–Trinajstić information content (AvgIpc) is 3.35. The summed E-state index contributed by atoms with van der Waals surface area (Å²) in [6.45, 7) is 0.525.